The maximum absolute atomic E-state index is 11.1. The summed E-state index contributed by atoms with van der Waals surface area (Å²) < 4.78 is 5.50. The van der Waals surface area contributed by atoms with Crippen molar-refractivity contribution >= 4 is 0 Å². The molecule has 1 rings (SSSR count). The number of ether oxygens (including phenoxy) is 1. The van der Waals surface area contributed by atoms with Crippen LogP contribution in [0.5, 0.6) is 0 Å². The first-order valence-electron chi connectivity index (χ1n) is 7.06. The molecule has 0 aromatic rings. The average Bonchev–Trinajstić information content (AvgIpc) is 2.27. The first-order valence-corrected chi connectivity index (χ1v) is 7.06. The molecule has 0 saturated carbocycles. The summed E-state index contributed by atoms with van der Waals surface area (Å²) in [5.74, 6) is 0.752. The zero-order chi connectivity index (χ0) is 13.8. The minimum Gasteiger partial charge on any atom is -0.388 e. The Kier molecular flexibility index (Phi) is 5.19. The van der Waals surface area contributed by atoms with E-state index in [0.717, 1.165) is 12.8 Å². The summed E-state index contributed by atoms with van der Waals surface area (Å²) in [6.45, 7) is 9.47. The van der Waals surface area contributed by atoms with E-state index < -0.39 is 11.0 Å². The van der Waals surface area contributed by atoms with Crippen LogP contribution in [0.25, 0.3) is 0 Å². The Morgan fingerprint density at radius 2 is 1.83 bits per heavy atom. The standard InChI is InChI=1S/C15H27NO2/c1-12(2)8-15(17,9-13(3)4)14(10-16)6-5-7-18-11-14/h12-13,17H,5-9,11H2,1-4H3. The molecule has 0 aromatic carbocycles. The maximum atomic E-state index is 11.1. The summed E-state index contributed by atoms with van der Waals surface area (Å²) in [4.78, 5) is 0. The molecule has 1 aliphatic heterocycles. The number of aliphatic hydroxyl groups is 1. The Hall–Kier alpha value is -0.590. The third kappa shape index (κ3) is 3.24. The molecule has 18 heavy (non-hydrogen) atoms. The molecule has 3 nitrogen and oxygen atoms in total. The molecule has 104 valence electrons. The van der Waals surface area contributed by atoms with Gasteiger partial charge in [0.1, 0.15) is 5.41 Å². The van der Waals surface area contributed by atoms with Gasteiger partial charge in [0.15, 0.2) is 0 Å². The minimum atomic E-state index is -0.926. The van der Waals surface area contributed by atoms with E-state index in [9.17, 15) is 10.4 Å². The van der Waals surface area contributed by atoms with E-state index in [4.69, 9.17) is 4.74 Å². The van der Waals surface area contributed by atoms with Crippen LogP contribution in [0.1, 0.15) is 53.4 Å². The lowest BCUT2D eigenvalue weighted by Crippen LogP contribution is -2.53. The van der Waals surface area contributed by atoms with Crippen molar-refractivity contribution in [2.24, 2.45) is 17.3 Å². The first-order chi connectivity index (χ1) is 8.35. The van der Waals surface area contributed by atoms with E-state index in [1.54, 1.807) is 0 Å². The van der Waals surface area contributed by atoms with Crippen molar-refractivity contribution in [2.45, 2.75) is 59.0 Å². The van der Waals surface area contributed by atoms with Crippen LogP contribution in [0.15, 0.2) is 0 Å². The van der Waals surface area contributed by atoms with Crippen LogP contribution in [0.3, 0.4) is 0 Å². The summed E-state index contributed by atoms with van der Waals surface area (Å²) in [6.07, 6.45) is 2.95. The van der Waals surface area contributed by atoms with Gasteiger partial charge in [-0.3, -0.25) is 0 Å². The number of nitrogens with zero attached hydrogens (tertiary/aromatic N) is 1. The average molecular weight is 253 g/mol. The van der Waals surface area contributed by atoms with Gasteiger partial charge in [-0.1, -0.05) is 27.7 Å². The fourth-order valence-electron chi connectivity index (χ4n) is 3.18. The summed E-state index contributed by atoms with van der Waals surface area (Å²) in [5, 5.41) is 20.7. The van der Waals surface area contributed by atoms with Gasteiger partial charge in [-0.05, 0) is 37.5 Å². The van der Waals surface area contributed by atoms with Crippen LogP contribution in [0.4, 0.5) is 0 Å². The highest BCUT2D eigenvalue weighted by Crippen LogP contribution is 2.45. The van der Waals surface area contributed by atoms with Crippen molar-refractivity contribution in [1.29, 1.82) is 5.26 Å². The Bertz CT molecular complexity index is 288. The molecular weight excluding hydrogens is 226 g/mol. The smallest absolute Gasteiger partial charge is 0.109 e. The van der Waals surface area contributed by atoms with Gasteiger partial charge in [0, 0.05) is 6.61 Å². The molecule has 1 unspecified atom stereocenters. The van der Waals surface area contributed by atoms with Gasteiger partial charge in [0.2, 0.25) is 0 Å². The van der Waals surface area contributed by atoms with Crippen molar-refractivity contribution in [2.75, 3.05) is 13.2 Å². The van der Waals surface area contributed by atoms with Crippen LogP contribution in [-0.4, -0.2) is 23.9 Å². The van der Waals surface area contributed by atoms with Crippen molar-refractivity contribution in [3.05, 3.63) is 0 Å². The lowest BCUT2D eigenvalue weighted by atomic mass is 9.63. The molecule has 1 atom stereocenters. The molecule has 0 bridgehead atoms. The highest BCUT2D eigenvalue weighted by atomic mass is 16.5. The lowest BCUT2D eigenvalue weighted by molar-refractivity contribution is -0.137. The molecule has 0 aliphatic carbocycles. The second-order valence-corrected chi connectivity index (χ2v) is 6.58. The van der Waals surface area contributed by atoms with Crippen LogP contribution in [0, 0.1) is 28.6 Å². The van der Waals surface area contributed by atoms with Gasteiger partial charge in [-0.15, -0.1) is 0 Å². The number of rotatable bonds is 5. The molecule has 0 radical (unpaired) electrons. The topological polar surface area (TPSA) is 53.2 Å². The molecule has 0 aromatic heterocycles. The third-order valence-corrected chi connectivity index (χ3v) is 3.84. The van der Waals surface area contributed by atoms with Crippen molar-refractivity contribution < 1.29 is 9.84 Å². The van der Waals surface area contributed by atoms with E-state index in [1.807, 2.05) is 0 Å². The van der Waals surface area contributed by atoms with Crippen LogP contribution in [0.2, 0.25) is 0 Å². The van der Waals surface area contributed by atoms with E-state index >= 15 is 0 Å². The highest BCUT2D eigenvalue weighted by Gasteiger charge is 2.52. The van der Waals surface area contributed by atoms with Gasteiger partial charge < -0.3 is 9.84 Å². The van der Waals surface area contributed by atoms with Gasteiger partial charge in [0.25, 0.3) is 0 Å². The van der Waals surface area contributed by atoms with Crippen LogP contribution in [-0.2, 0) is 4.74 Å². The van der Waals surface area contributed by atoms with Crippen molar-refractivity contribution in [3.63, 3.8) is 0 Å². The molecule has 1 aliphatic rings. The monoisotopic (exact) mass is 253 g/mol. The van der Waals surface area contributed by atoms with Gasteiger partial charge in [0.05, 0.1) is 18.3 Å². The molecule has 1 heterocycles. The molecular formula is C15H27NO2. The van der Waals surface area contributed by atoms with E-state index in [1.165, 1.54) is 0 Å². The largest absolute Gasteiger partial charge is 0.388 e. The number of hydrogen-bond acceptors (Lipinski definition) is 3. The SMILES string of the molecule is CC(C)CC(O)(CC(C)C)C1(C#N)CCCOC1. The maximum Gasteiger partial charge on any atom is 0.109 e. The molecule has 0 amide bonds. The molecule has 1 fully saturated rings. The zero-order valence-corrected chi connectivity index (χ0v) is 12.2. The second-order valence-electron chi connectivity index (χ2n) is 6.58. The molecule has 1 N–H and O–H groups in total. The van der Waals surface area contributed by atoms with E-state index in [0.29, 0.717) is 37.9 Å². The fourth-order valence-corrected chi connectivity index (χ4v) is 3.18. The number of hydrogen-bond donors (Lipinski definition) is 1. The Balaban J connectivity index is 3.02. The predicted octanol–water partition coefficient (Wildman–Crippen LogP) is 3.13. The van der Waals surface area contributed by atoms with Gasteiger partial charge in [-0.25, -0.2) is 0 Å². The summed E-state index contributed by atoms with van der Waals surface area (Å²) in [6, 6.07) is 2.39. The normalized spacial score (nSPS) is 25.4. The summed E-state index contributed by atoms with van der Waals surface area (Å²) >= 11 is 0. The highest BCUT2D eigenvalue weighted by molar-refractivity contribution is 5.13. The van der Waals surface area contributed by atoms with Gasteiger partial charge in [-0.2, -0.15) is 5.26 Å². The van der Waals surface area contributed by atoms with Crippen LogP contribution < -0.4 is 0 Å². The van der Waals surface area contributed by atoms with Gasteiger partial charge >= 0.3 is 0 Å². The quantitative estimate of drug-likeness (QED) is 0.819. The van der Waals surface area contributed by atoms with E-state index in [2.05, 4.69) is 33.8 Å². The fraction of sp³-hybridized carbons (Fsp3) is 0.933. The lowest BCUT2D eigenvalue weighted by Gasteiger charge is -2.46. The third-order valence-electron chi connectivity index (χ3n) is 3.84. The van der Waals surface area contributed by atoms with Crippen molar-refractivity contribution in [1.82, 2.24) is 0 Å². The predicted molar refractivity (Wildman–Crippen MR) is 72.0 cm³/mol. The van der Waals surface area contributed by atoms with Crippen LogP contribution >= 0.6 is 0 Å². The molecule has 3 heteroatoms. The summed E-state index contributed by atoms with van der Waals surface area (Å²) in [7, 11) is 0. The Labute approximate surface area is 111 Å². The minimum absolute atomic E-state index is 0.374. The summed E-state index contributed by atoms with van der Waals surface area (Å²) in [5.41, 5.74) is -1.65. The molecule has 1 saturated heterocycles. The molecule has 0 spiro atoms. The Morgan fingerprint density at radius 3 is 2.17 bits per heavy atom. The number of nitriles is 1. The first kappa shape index (κ1) is 15.5. The van der Waals surface area contributed by atoms with Crippen molar-refractivity contribution in [3.8, 4) is 6.07 Å². The Morgan fingerprint density at radius 1 is 1.28 bits per heavy atom. The zero-order valence-electron chi connectivity index (χ0n) is 12.2. The second kappa shape index (κ2) is 6.04. The van der Waals surface area contributed by atoms with E-state index in [-0.39, 0.29) is 0 Å².